The molecule has 0 unspecified atom stereocenters. The van der Waals surface area contributed by atoms with Crippen molar-refractivity contribution in [3.8, 4) is 5.75 Å². The van der Waals surface area contributed by atoms with Crippen molar-refractivity contribution < 1.29 is 4.74 Å². The van der Waals surface area contributed by atoms with E-state index in [0.29, 0.717) is 0 Å². The number of methoxy groups -OCH3 is 1. The van der Waals surface area contributed by atoms with E-state index < -0.39 is 0 Å². The fourth-order valence-corrected chi connectivity index (χ4v) is 2.30. The van der Waals surface area contributed by atoms with Crippen molar-refractivity contribution in [1.29, 1.82) is 0 Å². The van der Waals surface area contributed by atoms with E-state index >= 15 is 0 Å². The van der Waals surface area contributed by atoms with Gasteiger partial charge in [0.25, 0.3) is 0 Å². The van der Waals surface area contributed by atoms with E-state index in [1.165, 1.54) is 11.1 Å². The molecule has 100 valence electrons. The summed E-state index contributed by atoms with van der Waals surface area (Å²) in [6.07, 6.45) is 0. The molecule has 2 aromatic rings. The standard InChI is InChI=1S/C16H18BrNO/c1-18(11-13-6-8-15(17)9-7-13)12-14-4-3-5-16(10-14)19-2/h3-10H,11-12H2,1-2H3. The minimum atomic E-state index is 0.910. The van der Waals surface area contributed by atoms with Gasteiger partial charge in [-0.15, -0.1) is 0 Å². The molecule has 0 aromatic heterocycles. The number of rotatable bonds is 5. The van der Waals surface area contributed by atoms with Gasteiger partial charge in [0.15, 0.2) is 0 Å². The van der Waals surface area contributed by atoms with Gasteiger partial charge in [-0.1, -0.05) is 40.2 Å². The van der Waals surface area contributed by atoms with Crippen molar-refractivity contribution in [2.24, 2.45) is 0 Å². The van der Waals surface area contributed by atoms with Crippen LogP contribution in [0.2, 0.25) is 0 Å². The van der Waals surface area contributed by atoms with Crippen LogP contribution in [0.3, 0.4) is 0 Å². The third-order valence-corrected chi connectivity index (χ3v) is 3.48. The number of ether oxygens (including phenoxy) is 1. The van der Waals surface area contributed by atoms with E-state index in [1.54, 1.807) is 7.11 Å². The molecule has 2 rings (SSSR count). The minimum absolute atomic E-state index is 0.910. The Hall–Kier alpha value is -1.32. The zero-order valence-corrected chi connectivity index (χ0v) is 12.9. The Morgan fingerprint density at radius 2 is 1.68 bits per heavy atom. The van der Waals surface area contributed by atoms with Gasteiger partial charge in [-0.05, 0) is 42.4 Å². The first kappa shape index (κ1) is 14.1. The molecule has 0 N–H and O–H groups in total. The first-order valence-corrected chi connectivity index (χ1v) is 7.02. The summed E-state index contributed by atoms with van der Waals surface area (Å²) < 4.78 is 6.36. The Labute approximate surface area is 123 Å². The summed E-state index contributed by atoms with van der Waals surface area (Å²) in [5.74, 6) is 0.912. The SMILES string of the molecule is COc1cccc(CN(C)Cc2ccc(Br)cc2)c1. The number of halogens is 1. The predicted molar refractivity (Wildman–Crippen MR) is 82.3 cm³/mol. The molecule has 0 amide bonds. The van der Waals surface area contributed by atoms with E-state index in [1.807, 2.05) is 12.1 Å². The number of hydrogen-bond acceptors (Lipinski definition) is 2. The maximum atomic E-state index is 5.24. The maximum absolute atomic E-state index is 5.24. The van der Waals surface area contributed by atoms with E-state index in [9.17, 15) is 0 Å². The van der Waals surface area contributed by atoms with Crippen molar-refractivity contribution in [2.45, 2.75) is 13.1 Å². The lowest BCUT2D eigenvalue weighted by Gasteiger charge is -2.17. The van der Waals surface area contributed by atoms with E-state index in [4.69, 9.17) is 4.74 Å². The quantitative estimate of drug-likeness (QED) is 0.823. The molecule has 0 saturated heterocycles. The van der Waals surface area contributed by atoms with Crippen LogP contribution in [0.25, 0.3) is 0 Å². The van der Waals surface area contributed by atoms with Gasteiger partial charge in [-0.2, -0.15) is 0 Å². The zero-order valence-electron chi connectivity index (χ0n) is 11.3. The molecule has 2 aromatic carbocycles. The second kappa shape index (κ2) is 6.73. The monoisotopic (exact) mass is 319 g/mol. The third-order valence-electron chi connectivity index (χ3n) is 2.95. The molecular formula is C16H18BrNO. The molecule has 0 aliphatic rings. The highest BCUT2D eigenvalue weighted by atomic mass is 79.9. The summed E-state index contributed by atoms with van der Waals surface area (Å²) in [6, 6.07) is 16.7. The van der Waals surface area contributed by atoms with Crippen LogP contribution in [0.4, 0.5) is 0 Å². The molecule has 0 heterocycles. The molecule has 3 heteroatoms. The summed E-state index contributed by atoms with van der Waals surface area (Å²) in [6.45, 7) is 1.84. The highest BCUT2D eigenvalue weighted by Crippen LogP contribution is 2.16. The Balaban J connectivity index is 1.96. The van der Waals surface area contributed by atoms with Crippen LogP contribution in [-0.4, -0.2) is 19.1 Å². The smallest absolute Gasteiger partial charge is 0.119 e. The molecule has 0 radical (unpaired) electrons. The van der Waals surface area contributed by atoms with Crippen LogP contribution < -0.4 is 4.74 Å². The average molecular weight is 320 g/mol. The summed E-state index contributed by atoms with van der Waals surface area (Å²) in [5.41, 5.74) is 2.58. The van der Waals surface area contributed by atoms with Crippen LogP contribution >= 0.6 is 15.9 Å². The fraction of sp³-hybridized carbons (Fsp3) is 0.250. The lowest BCUT2D eigenvalue weighted by molar-refractivity contribution is 0.318. The van der Waals surface area contributed by atoms with Gasteiger partial charge in [0.1, 0.15) is 5.75 Å². The van der Waals surface area contributed by atoms with Crippen molar-refractivity contribution in [3.63, 3.8) is 0 Å². The molecule has 0 atom stereocenters. The van der Waals surface area contributed by atoms with Crippen LogP contribution in [0.15, 0.2) is 53.0 Å². The summed E-state index contributed by atoms with van der Waals surface area (Å²) in [7, 11) is 3.83. The largest absolute Gasteiger partial charge is 0.497 e. The van der Waals surface area contributed by atoms with Gasteiger partial charge >= 0.3 is 0 Å². The van der Waals surface area contributed by atoms with Crippen LogP contribution in [-0.2, 0) is 13.1 Å². The normalized spacial score (nSPS) is 10.7. The van der Waals surface area contributed by atoms with Gasteiger partial charge in [-0.25, -0.2) is 0 Å². The highest BCUT2D eigenvalue weighted by Gasteiger charge is 2.03. The summed E-state index contributed by atoms with van der Waals surface area (Å²) >= 11 is 3.45. The lowest BCUT2D eigenvalue weighted by Crippen LogP contribution is -2.17. The molecule has 0 aliphatic carbocycles. The molecule has 0 bridgehead atoms. The molecule has 19 heavy (non-hydrogen) atoms. The topological polar surface area (TPSA) is 12.5 Å². The summed E-state index contributed by atoms with van der Waals surface area (Å²) in [4.78, 5) is 2.29. The maximum Gasteiger partial charge on any atom is 0.119 e. The number of nitrogens with zero attached hydrogens (tertiary/aromatic N) is 1. The molecule has 0 saturated carbocycles. The Morgan fingerprint density at radius 1 is 1.00 bits per heavy atom. The Kier molecular flexibility index (Phi) is 5.00. The van der Waals surface area contributed by atoms with Crippen LogP contribution in [0, 0.1) is 0 Å². The Morgan fingerprint density at radius 3 is 2.37 bits per heavy atom. The van der Waals surface area contributed by atoms with Crippen molar-refractivity contribution >= 4 is 15.9 Å². The van der Waals surface area contributed by atoms with E-state index in [0.717, 1.165) is 23.3 Å². The zero-order chi connectivity index (χ0) is 13.7. The predicted octanol–water partition coefficient (Wildman–Crippen LogP) is 4.09. The third kappa shape index (κ3) is 4.37. The fourth-order valence-electron chi connectivity index (χ4n) is 2.04. The second-order valence-electron chi connectivity index (χ2n) is 4.65. The first-order valence-electron chi connectivity index (χ1n) is 6.23. The van der Waals surface area contributed by atoms with Crippen LogP contribution in [0.1, 0.15) is 11.1 Å². The van der Waals surface area contributed by atoms with E-state index in [-0.39, 0.29) is 0 Å². The summed E-state index contributed by atoms with van der Waals surface area (Å²) in [5, 5.41) is 0. The van der Waals surface area contributed by atoms with Crippen LogP contribution in [0.5, 0.6) is 5.75 Å². The van der Waals surface area contributed by atoms with Gasteiger partial charge in [0.2, 0.25) is 0 Å². The van der Waals surface area contributed by atoms with Gasteiger partial charge in [-0.3, -0.25) is 4.90 Å². The molecular weight excluding hydrogens is 302 g/mol. The van der Waals surface area contributed by atoms with Crippen molar-refractivity contribution in [3.05, 3.63) is 64.1 Å². The van der Waals surface area contributed by atoms with Gasteiger partial charge in [0, 0.05) is 17.6 Å². The average Bonchev–Trinajstić information content (AvgIpc) is 2.41. The number of benzene rings is 2. The second-order valence-corrected chi connectivity index (χ2v) is 5.57. The number of hydrogen-bond donors (Lipinski definition) is 0. The van der Waals surface area contributed by atoms with Crippen molar-refractivity contribution in [1.82, 2.24) is 4.90 Å². The molecule has 0 spiro atoms. The highest BCUT2D eigenvalue weighted by molar-refractivity contribution is 9.10. The molecule has 0 aliphatic heterocycles. The lowest BCUT2D eigenvalue weighted by atomic mass is 10.2. The van der Waals surface area contributed by atoms with Gasteiger partial charge in [0.05, 0.1) is 7.11 Å². The molecule has 2 nitrogen and oxygen atoms in total. The Bertz CT molecular complexity index is 525. The minimum Gasteiger partial charge on any atom is -0.497 e. The van der Waals surface area contributed by atoms with Gasteiger partial charge < -0.3 is 4.74 Å². The van der Waals surface area contributed by atoms with Crippen molar-refractivity contribution in [2.75, 3.05) is 14.2 Å². The molecule has 0 fully saturated rings. The first-order chi connectivity index (χ1) is 9.17. The van der Waals surface area contributed by atoms with E-state index in [2.05, 4.69) is 64.3 Å².